The number of nitrogens with zero attached hydrogens (tertiary/aromatic N) is 5. The Morgan fingerprint density at radius 3 is 2.49 bits per heavy atom. The van der Waals surface area contributed by atoms with Crippen molar-refractivity contribution in [1.29, 1.82) is 0 Å². The first-order valence-electron chi connectivity index (χ1n) is 15.8. The molecule has 8 heteroatoms. The number of pyridine rings is 2. The second-order valence-corrected chi connectivity index (χ2v) is 12.4. The third-order valence-electron chi connectivity index (χ3n) is 9.16. The molecule has 3 aromatic rings. The van der Waals surface area contributed by atoms with Crippen LogP contribution in [0.1, 0.15) is 80.8 Å². The van der Waals surface area contributed by atoms with Crippen LogP contribution in [0.2, 0.25) is 0 Å². The zero-order chi connectivity index (χ0) is 28.2. The molecular weight excluding hydrogens is 514 g/mol. The van der Waals surface area contributed by atoms with Crippen LogP contribution in [0.5, 0.6) is 5.88 Å². The van der Waals surface area contributed by atoms with Crippen LogP contribution in [0.15, 0.2) is 36.7 Å². The molecule has 3 aromatic heterocycles. The maximum Gasteiger partial charge on any atom is 0.255 e. The van der Waals surface area contributed by atoms with Crippen LogP contribution >= 0.6 is 0 Å². The molecule has 0 radical (unpaired) electrons. The summed E-state index contributed by atoms with van der Waals surface area (Å²) in [5.41, 5.74) is 4.55. The van der Waals surface area contributed by atoms with Gasteiger partial charge in [0.1, 0.15) is 12.3 Å². The summed E-state index contributed by atoms with van der Waals surface area (Å²) in [6, 6.07) is 8.41. The van der Waals surface area contributed by atoms with Crippen LogP contribution in [0.4, 0.5) is 0 Å². The second-order valence-electron chi connectivity index (χ2n) is 12.4. The number of aryl methyl sites for hydroxylation is 1. The summed E-state index contributed by atoms with van der Waals surface area (Å²) in [4.78, 5) is 28.0. The van der Waals surface area contributed by atoms with E-state index < -0.39 is 0 Å². The minimum absolute atomic E-state index is 0.0463. The molecule has 1 unspecified atom stereocenters. The molecule has 2 saturated carbocycles. The summed E-state index contributed by atoms with van der Waals surface area (Å²) in [6.07, 6.45) is 15.8. The Hall–Kier alpha value is -2.97. The molecule has 0 bridgehead atoms. The van der Waals surface area contributed by atoms with Gasteiger partial charge in [0, 0.05) is 43.2 Å². The number of hydrogen-bond acceptors (Lipinski definition) is 6. The van der Waals surface area contributed by atoms with Crippen LogP contribution in [0.3, 0.4) is 0 Å². The van der Waals surface area contributed by atoms with Crippen LogP contribution in [-0.4, -0.2) is 80.6 Å². The van der Waals surface area contributed by atoms with E-state index in [1.807, 2.05) is 30.5 Å². The van der Waals surface area contributed by atoms with Gasteiger partial charge in [-0.1, -0.05) is 25.7 Å². The van der Waals surface area contributed by atoms with Crippen molar-refractivity contribution >= 4 is 11.6 Å². The lowest BCUT2D eigenvalue weighted by Crippen LogP contribution is -2.33. The third-order valence-corrected chi connectivity index (χ3v) is 9.16. The molecule has 3 aliphatic rings. The molecule has 1 amide bonds. The molecule has 2 aliphatic carbocycles. The van der Waals surface area contributed by atoms with Gasteiger partial charge in [0.2, 0.25) is 5.88 Å². The fourth-order valence-corrected chi connectivity index (χ4v) is 6.21. The Kier molecular flexibility index (Phi) is 8.87. The van der Waals surface area contributed by atoms with E-state index in [2.05, 4.69) is 26.1 Å². The molecule has 0 aromatic carbocycles. The number of imidazole rings is 1. The van der Waals surface area contributed by atoms with Crippen molar-refractivity contribution in [3.63, 3.8) is 0 Å². The number of aliphatic hydroxyl groups is 1. The largest absolute Gasteiger partial charge is 0.475 e. The lowest BCUT2D eigenvalue weighted by atomic mass is 10.1. The SMILES string of the molecule is CC1CCCN1CCCc1c(-c2ccc(OCCO)nc2)nc2ccc(C(=O)N(CCC3CC3)CCC3CC3)cn12. The fraction of sp³-hybridized carbons (Fsp3) is 0.606. The lowest BCUT2D eigenvalue weighted by Gasteiger charge is -2.23. The summed E-state index contributed by atoms with van der Waals surface area (Å²) >= 11 is 0. The lowest BCUT2D eigenvalue weighted by molar-refractivity contribution is 0.0746. The van der Waals surface area contributed by atoms with Crippen LogP contribution < -0.4 is 4.74 Å². The average Bonchev–Trinajstić information content (AvgIpc) is 3.93. The first kappa shape index (κ1) is 28.2. The number of fused-ring (bicyclic) bond motifs is 1. The van der Waals surface area contributed by atoms with E-state index >= 15 is 0 Å². The molecule has 1 saturated heterocycles. The molecule has 1 N–H and O–H groups in total. The van der Waals surface area contributed by atoms with Crippen molar-refractivity contribution in [2.75, 3.05) is 39.4 Å². The van der Waals surface area contributed by atoms with Gasteiger partial charge in [-0.25, -0.2) is 9.97 Å². The van der Waals surface area contributed by atoms with Gasteiger partial charge in [-0.3, -0.25) is 4.79 Å². The standard InChI is InChI=1S/C33H45N5O3/c1-24-4-2-16-36(24)17-3-5-29-32(27-11-13-31(34-22-27)41-21-20-39)35-30-12-10-28(23-38(29)30)33(40)37(18-14-25-6-7-25)19-15-26-8-9-26/h10-13,22-26,39H,2-9,14-21H2,1H3. The van der Waals surface area contributed by atoms with E-state index in [0.717, 1.165) is 85.3 Å². The van der Waals surface area contributed by atoms with Gasteiger partial charge >= 0.3 is 0 Å². The predicted octanol–water partition coefficient (Wildman–Crippen LogP) is 5.23. The molecule has 4 heterocycles. The number of carbonyl (C=O) groups is 1. The summed E-state index contributed by atoms with van der Waals surface area (Å²) in [5, 5.41) is 9.07. The smallest absolute Gasteiger partial charge is 0.255 e. The highest BCUT2D eigenvalue weighted by atomic mass is 16.5. The van der Waals surface area contributed by atoms with Crippen LogP contribution in [-0.2, 0) is 6.42 Å². The number of ether oxygens (including phenoxy) is 1. The number of aromatic nitrogens is 3. The van der Waals surface area contributed by atoms with Crippen molar-refractivity contribution in [3.8, 4) is 17.1 Å². The maximum absolute atomic E-state index is 13.8. The summed E-state index contributed by atoms with van der Waals surface area (Å²) in [7, 11) is 0. The number of likely N-dealkylation sites (tertiary alicyclic amines) is 1. The number of carbonyl (C=O) groups excluding carboxylic acids is 1. The van der Waals surface area contributed by atoms with Gasteiger partial charge in [0.05, 0.1) is 23.6 Å². The van der Waals surface area contributed by atoms with Crippen molar-refractivity contribution in [2.24, 2.45) is 11.8 Å². The van der Waals surface area contributed by atoms with E-state index in [1.165, 1.54) is 45.1 Å². The summed E-state index contributed by atoms with van der Waals surface area (Å²) in [5.74, 6) is 2.25. The minimum Gasteiger partial charge on any atom is -0.475 e. The zero-order valence-electron chi connectivity index (χ0n) is 24.5. The summed E-state index contributed by atoms with van der Waals surface area (Å²) in [6.45, 7) is 6.47. The number of hydrogen-bond donors (Lipinski definition) is 1. The van der Waals surface area contributed by atoms with Crippen LogP contribution in [0.25, 0.3) is 16.9 Å². The van der Waals surface area contributed by atoms with Gasteiger partial charge < -0.3 is 24.0 Å². The van der Waals surface area contributed by atoms with Gasteiger partial charge in [-0.15, -0.1) is 0 Å². The van der Waals surface area contributed by atoms with Gasteiger partial charge in [-0.05, 0) is 88.6 Å². The van der Waals surface area contributed by atoms with E-state index in [0.29, 0.717) is 11.9 Å². The third kappa shape index (κ3) is 7.09. The summed E-state index contributed by atoms with van der Waals surface area (Å²) < 4.78 is 7.62. The first-order valence-corrected chi connectivity index (χ1v) is 15.8. The average molecular weight is 560 g/mol. The molecule has 1 aliphatic heterocycles. The normalized spacial score (nSPS) is 19.2. The Labute approximate surface area is 243 Å². The van der Waals surface area contributed by atoms with Gasteiger partial charge in [-0.2, -0.15) is 0 Å². The predicted molar refractivity (Wildman–Crippen MR) is 160 cm³/mol. The molecule has 220 valence electrons. The van der Waals surface area contributed by atoms with Crippen molar-refractivity contribution in [2.45, 2.75) is 77.2 Å². The molecule has 41 heavy (non-hydrogen) atoms. The van der Waals surface area contributed by atoms with Gasteiger partial charge in [0.15, 0.2) is 0 Å². The van der Waals surface area contributed by atoms with Crippen molar-refractivity contribution in [1.82, 2.24) is 24.2 Å². The second kappa shape index (κ2) is 12.9. The quantitative estimate of drug-likeness (QED) is 0.275. The first-order chi connectivity index (χ1) is 20.1. The number of rotatable bonds is 15. The molecule has 0 spiro atoms. The molecule has 8 nitrogen and oxygen atoms in total. The monoisotopic (exact) mass is 559 g/mol. The van der Waals surface area contributed by atoms with Crippen molar-refractivity contribution < 1.29 is 14.6 Å². The molecular formula is C33H45N5O3. The Morgan fingerprint density at radius 2 is 1.85 bits per heavy atom. The topological polar surface area (TPSA) is 83.2 Å². The molecule has 6 rings (SSSR count). The van der Waals surface area contributed by atoms with E-state index in [4.69, 9.17) is 14.8 Å². The Balaban J connectivity index is 1.27. The number of aliphatic hydroxyl groups excluding tert-OH is 1. The highest BCUT2D eigenvalue weighted by molar-refractivity contribution is 5.94. The Bertz CT molecular complexity index is 1300. The molecule has 1 atom stereocenters. The Morgan fingerprint density at radius 1 is 1.07 bits per heavy atom. The van der Waals surface area contributed by atoms with E-state index in [-0.39, 0.29) is 19.1 Å². The highest BCUT2D eigenvalue weighted by Gasteiger charge is 2.27. The van der Waals surface area contributed by atoms with Gasteiger partial charge in [0.25, 0.3) is 5.91 Å². The zero-order valence-corrected chi connectivity index (χ0v) is 24.5. The molecule has 3 fully saturated rings. The number of amides is 1. The fourth-order valence-electron chi connectivity index (χ4n) is 6.21. The van der Waals surface area contributed by atoms with Crippen molar-refractivity contribution in [3.05, 3.63) is 47.9 Å². The maximum atomic E-state index is 13.8. The van der Waals surface area contributed by atoms with E-state index in [1.54, 1.807) is 6.20 Å². The minimum atomic E-state index is -0.0463. The van der Waals surface area contributed by atoms with Crippen LogP contribution in [0, 0.1) is 11.8 Å². The highest BCUT2D eigenvalue weighted by Crippen LogP contribution is 2.35. The van der Waals surface area contributed by atoms with E-state index in [9.17, 15) is 4.79 Å².